The van der Waals surface area contributed by atoms with Gasteiger partial charge >= 0.3 is 12.0 Å². The molecular weight excluding hydrogens is 258 g/mol. The Morgan fingerprint density at radius 1 is 1.25 bits per heavy atom. The number of nitrogens with one attached hydrogen (secondary N) is 1. The Labute approximate surface area is 119 Å². The lowest BCUT2D eigenvalue weighted by Crippen LogP contribution is -2.37. The number of benzene rings is 1. The standard InChI is InChI=1S/C14H21N3O3/c1-16(2)12-6-4-5-11(9-12)10-17(3)14(20)15-8-7-13(18)19/h4-6,9H,7-8,10H2,1-3H3,(H,15,20)(H,18,19). The number of anilines is 1. The predicted molar refractivity (Wildman–Crippen MR) is 77.9 cm³/mol. The Bertz CT molecular complexity index is 474. The molecule has 0 saturated carbocycles. The first-order valence-corrected chi connectivity index (χ1v) is 6.37. The number of carbonyl (C=O) groups is 2. The van der Waals surface area contributed by atoms with Gasteiger partial charge in [-0.15, -0.1) is 0 Å². The summed E-state index contributed by atoms with van der Waals surface area (Å²) in [5.41, 5.74) is 2.09. The first-order valence-electron chi connectivity index (χ1n) is 6.37. The van der Waals surface area contributed by atoms with Crippen LogP contribution >= 0.6 is 0 Å². The minimum atomic E-state index is -0.924. The summed E-state index contributed by atoms with van der Waals surface area (Å²) in [7, 11) is 5.60. The highest BCUT2D eigenvalue weighted by atomic mass is 16.4. The lowest BCUT2D eigenvalue weighted by Gasteiger charge is -2.19. The Morgan fingerprint density at radius 2 is 1.95 bits per heavy atom. The third kappa shape index (κ3) is 5.17. The van der Waals surface area contributed by atoms with Crippen molar-refractivity contribution in [2.24, 2.45) is 0 Å². The molecule has 0 aliphatic carbocycles. The Balaban J connectivity index is 2.52. The number of carboxylic acids is 1. The molecular formula is C14H21N3O3. The van der Waals surface area contributed by atoms with Gasteiger partial charge in [0, 0.05) is 39.9 Å². The molecule has 0 radical (unpaired) electrons. The Kier molecular flexibility index (Phi) is 5.83. The fraction of sp³-hybridized carbons (Fsp3) is 0.429. The molecule has 1 rings (SSSR count). The summed E-state index contributed by atoms with van der Waals surface area (Å²) in [5, 5.41) is 11.1. The van der Waals surface area contributed by atoms with E-state index in [1.807, 2.05) is 43.3 Å². The van der Waals surface area contributed by atoms with E-state index >= 15 is 0 Å². The number of amides is 2. The van der Waals surface area contributed by atoms with Gasteiger partial charge in [-0.1, -0.05) is 12.1 Å². The second kappa shape index (κ2) is 7.37. The van der Waals surface area contributed by atoms with Gasteiger partial charge in [0.25, 0.3) is 0 Å². The van der Waals surface area contributed by atoms with Crippen LogP contribution in [-0.4, -0.2) is 49.7 Å². The fourth-order valence-corrected chi connectivity index (χ4v) is 1.69. The van der Waals surface area contributed by atoms with Gasteiger partial charge in [0.2, 0.25) is 0 Å². The van der Waals surface area contributed by atoms with Gasteiger partial charge in [-0.3, -0.25) is 4.79 Å². The number of nitrogens with zero attached hydrogens (tertiary/aromatic N) is 2. The van der Waals surface area contributed by atoms with E-state index in [-0.39, 0.29) is 19.0 Å². The van der Waals surface area contributed by atoms with Crippen LogP contribution in [0.1, 0.15) is 12.0 Å². The first kappa shape index (κ1) is 15.8. The second-order valence-electron chi connectivity index (χ2n) is 4.80. The summed E-state index contributed by atoms with van der Waals surface area (Å²) in [6.07, 6.45) is -0.0737. The van der Waals surface area contributed by atoms with Crippen molar-refractivity contribution < 1.29 is 14.7 Å². The van der Waals surface area contributed by atoms with Crippen LogP contribution in [0.2, 0.25) is 0 Å². The van der Waals surface area contributed by atoms with Crippen LogP contribution < -0.4 is 10.2 Å². The molecule has 0 fully saturated rings. The lowest BCUT2D eigenvalue weighted by molar-refractivity contribution is -0.136. The van der Waals surface area contributed by atoms with Gasteiger partial charge in [-0.05, 0) is 17.7 Å². The van der Waals surface area contributed by atoms with E-state index in [0.717, 1.165) is 11.3 Å². The predicted octanol–water partition coefficient (Wildman–Crippen LogP) is 1.37. The number of urea groups is 1. The van der Waals surface area contributed by atoms with Crippen LogP contribution in [0, 0.1) is 0 Å². The second-order valence-corrected chi connectivity index (χ2v) is 4.80. The van der Waals surface area contributed by atoms with Crippen molar-refractivity contribution in [1.82, 2.24) is 10.2 Å². The highest BCUT2D eigenvalue weighted by Crippen LogP contribution is 2.14. The van der Waals surface area contributed by atoms with Crippen molar-refractivity contribution in [3.8, 4) is 0 Å². The van der Waals surface area contributed by atoms with Crippen molar-refractivity contribution in [2.75, 3.05) is 32.6 Å². The lowest BCUT2D eigenvalue weighted by atomic mass is 10.2. The van der Waals surface area contributed by atoms with Crippen LogP contribution in [0.15, 0.2) is 24.3 Å². The molecule has 1 aromatic rings. The summed E-state index contributed by atoms with van der Waals surface area (Å²) in [6.45, 7) is 0.608. The molecule has 6 heteroatoms. The number of carbonyl (C=O) groups excluding carboxylic acids is 1. The van der Waals surface area contributed by atoms with E-state index < -0.39 is 5.97 Å². The molecule has 2 amide bonds. The van der Waals surface area contributed by atoms with Crippen molar-refractivity contribution in [3.63, 3.8) is 0 Å². The van der Waals surface area contributed by atoms with Gasteiger partial charge < -0.3 is 20.2 Å². The molecule has 0 atom stereocenters. The molecule has 1 aromatic carbocycles. The molecule has 0 aliphatic heterocycles. The number of hydrogen-bond acceptors (Lipinski definition) is 3. The maximum atomic E-state index is 11.8. The topological polar surface area (TPSA) is 72.9 Å². The van der Waals surface area contributed by atoms with Crippen molar-refractivity contribution in [2.45, 2.75) is 13.0 Å². The largest absolute Gasteiger partial charge is 0.481 e. The minimum Gasteiger partial charge on any atom is -0.481 e. The van der Waals surface area contributed by atoms with Gasteiger partial charge in [0.1, 0.15) is 0 Å². The molecule has 0 unspecified atom stereocenters. The molecule has 0 heterocycles. The zero-order valence-electron chi connectivity index (χ0n) is 12.1. The zero-order valence-corrected chi connectivity index (χ0v) is 12.1. The Hall–Kier alpha value is -2.24. The molecule has 20 heavy (non-hydrogen) atoms. The van der Waals surface area contributed by atoms with E-state index in [2.05, 4.69) is 5.32 Å². The number of carboxylic acid groups (broad SMARTS) is 1. The minimum absolute atomic E-state index is 0.0737. The highest BCUT2D eigenvalue weighted by molar-refractivity contribution is 5.75. The first-order chi connectivity index (χ1) is 9.40. The molecule has 0 bridgehead atoms. The molecule has 0 aliphatic rings. The number of hydrogen-bond donors (Lipinski definition) is 2. The van der Waals surface area contributed by atoms with E-state index in [9.17, 15) is 9.59 Å². The van der Waals surface area contributed by atoms with Gasteiger partial charge in [-0.2, -0.15) is 0 Å². The third-order valence-electron chi connectivity index (χ3n) is 2.81. The van der Waals surface area contributed by atoms with Crippen molar-refractivity contribution in [3.05, 3.63) is 29.8 Å². The van der Waals surface area contributed by atoms with E-state index in [1.165, 1.54) is 4.90 Å². The fourth-order valence-electron chi connectivity index (χ4n) is 1.69. The monoisotopic (exact) mass is 279 g/mol. The van der Waals surface area contributed by atoms with E-state index in [4.69, 9.17) is 5.11 Å². The smallest absolute Gasteiger partial charge is 0.317 e. The quantitative estimate of drug-likeness (QED) is 0.825. The maximum Gasteiger partial charge on any atom is 0.317 e. The molecule has 110 valence electrons. The highest BCUT2D eigenvalue weighted by Gasteiger charge is 2.09. The van der Waals surface area contributed by atoms with Crippen molar-refractivity contribution in [1.29, 1.82) is 0 Å². The summed E-state index contributed by atoms with van der Waals surface area (Å²) in [4.78, 5) is 25.7. The van der Waals surface area contributed by atoms with Crippen LogP contribution in [0.25, 0.3) is 0 Å². The molecule has 6 nitrogen and oxygen atoms in total. The maximum absolute atomic E-state index is 11.8. The van der Waals surface area contributed by atoms with Crippen LogP contribution in [0.5, 0.6) is 0 Å². The number of aliphatic carboxylic acids is 1. The molecule has 0 spiro atoms. The summed E-state index contributed by atoms with van der Waals surface area (Å²) >= 11 is 0. The van der Waals surface area contributed by atoms with Crippen LogP contribution in [0.3, 0.4) is 0 Å². The third-order valence-corrected chi connectivity index (χ3v) is 2.81. The van der Waals surface area contributed by atoms with Crippen LogP contribution in [0.4, 0.5) is 10.5 Å². The summed E-state index contributed by atoms with van der Waals surface area (Å²) in [5.74, 6) is -0.924. The average Bonchev–Trinajstić information content (AvgIpc) is 2.38. The van der Waals surface area contributed by atoms with Gasteiger partial charge in [0.15, 0.2) is 0 Å². The summed E-state index contributed by atoms with van der Waals surface area (Å²) < 4.78 is 0. The molecule has 0 aromatic heterocycles. The molecule has 2 N–H and O–H groups in total. The summed E-state index contributed by atoms with van der Waals surface area (Å²) in [6, 6.07) is 7.63. The zero-order chi connectivity index (χ0) is 15.1. The van der Waals surface area contributed by atoms with Gasteiger partial charge in [-0.25, -0.2) is 4.79 Å². The SMILES string of the molecule is CN(Cc1cccc(N(C)C)c1)C(=O)NCCC(=O)O. The van der Waals surface area contributed by atoms with Gasteiger partial charge in [0.05, 0.1) is 6.42 Å². The Morgan fingerprint density at radius 3 is 2.55 bits per heavy atom. The van der Waals surface area contributed by atoms with E-state index in [0.29, 0.717) is 6.54 Å². The van der Waals surface area contributed by atoms with Crippen molar-refractivity contribution >= 4 is 17.7 Å². The van der Waals surface area contributed by atoms with Crippen LogP contribution in [-0.2, 0) is 11.3 Å². The number of rotatable bonds is 6. The van der Waals surface area contributed by atoms with E-state index in [1.54, 1.807) is 7.05 Å². The molecule has 0 saturated heterocycles. The normalized spacial score (nSPS) is 9.95. The average molecular weight is 279 g/mol.